The van der Waals surface area contributed by atoms with E-state index in [-0.39, 0.29) is 11.9 Å². The number of carbonyl (C=O) groups excluding carboxylic acids is 1. The van der Waals surface area contributed by atoms with E-state index in [1.807, 2.05) is 53.2 Å². The number of carbonyl (C=O) groups is 1. The summed E-state index contributed by atoms with van der Waals surface area (Å²) >= 11 is 0. The first-order valence-electron chi connectivity index (χ1n) is 11.1. The van der Waals surface area contributed by atoms with E-state index in [4.69, 9.17) is 9.37 Å². The van der Waals surface area contributed by atoms with E-state index < -0.39 is 6.10 Å². The van der Waals surface area contributed by atoms with Crippen LogP contribution in [0.25, 0.3) is 11.0 Å². The van der Waals surface area contributed by atoms with Gasteiger partial charge in [0.1, 0.15) is 16.9 Å². The first-order valence-corrected chi connectivity index (χ1v) is 11.1. The number of likely N-dealkylation sites (tertiary alicyclic amines) is 1. The SMILES string of the molecule is CO[C@H](C(=O)Nc1ccnn1C1CCN(Cc2ccc3nonc3c2)CC1)c1ccccc1. The van der Waals surface area contributed by atoms with Gasteiger partial charge in [0.2, 0.25) is 0 Å². The fourth-order valence-electron chi connectivity index (χ4n) is 4.42. The van der Waals surface area contributed by atoms with Crippen molar-refractivity contribution in [2.75, 3.05) is 25.5 Å². The van der Waals surface area contributed by atoms with Crippen LogP contribution in [-0.4, -0.2) is 51.1 Å². The lowest BCUT2D eigenvalue weighted by molar-refractivity contribution is -0.126. The van der Waals surface area contributed by atoms with Crippen molar-refractivity contribution in [2.45, 2.75) is 31.5 Å². The maximum atomic E-state index is 12.9. The van der Waals surface area contributed by atoms with Crippen molar-refractivity contribution in [3.8, 4) is 0 Å². The zero-order valence-corrected chi connectivity index (χ0v) is 18.4. The molecule has 170 valence electrons. The molecule has 1 amide bonds. The number of benzene rings is 2. The van der Waals surface area contributed by atoms with Crippen LogP contribution in [0.1, 0.15) is 36.1 Å². The van der Waals surface area contributed by atoms with Crippen LogP contribution < -0.4 is 5.32 Å². The summed E-state index contributed by atoms with van der Waals surface area (Å²) in [6, 6.07) is 17.6. The number of amides is 1. The molecule has 0 spiro atoms. The van der Waals surface area contributed by atoms with Crippen LogP contribution >= 0.6 is 0 Å². The van der Waals surface area contributed by atoms with Gasteiger partial charge in [0.15, 0.2) is 6.10 Å². The Morgan fingerprint density at radius 2 is 1.91 bits per heavy atom. The van der Waals surface area contributed by atoms with Crippen LogP contribution in [-0.2, 0) is 16.1 Å². The highest BCUT2D eigenvalue weighted by Gasteiger charge is 2.25. The number of nitrogens with zero attached hydrogens (tertiary/aromatic N) is 5. The van der Waals surface area contributed by atoms with Gasteiger partial charge < -0.3 is 10.1 Å². The second kappa shape index (κ2) is 9.51. The Bertz CT molecular complexity index is 1210. The molecule has 0 unspecified atom stereocenters. The fourth-order valence-corrected chi connectivity index (χ4v) is 4.42. The van der Waals surface area contributed by atoms with Crippen LogP contribution in [0.3, 0.4) is 0 Å². The molecule has 4 aromatic rings. The van der Waals surface area contributed by atoms with Crippen LogP contribution in [0, 0.1) is 0 Å². The average molecular weight is 447 g/mol. The molecule has 2 aromatic heterocycles. The second-order valence-electron chi connectivity index (χ2n) is 8.27. The minimum Gasteiger partial charge on any atom is -0.367 e. The minimum atomic E-state index is -0.673. The Kier molecular flexibility index (Phi) is 6.14. The Morgan fingerprint density at radius 1 is 1.12 bits per heavy atom. The minimum absolute atomic E-state index is 0.208. The van der Waals surface area contributed by atoms with Crippen molar-refractivity contribution in [3.63, 3.8) is 0 Å². The molecule has 1 aliphatic rings. The summed E-state index contributed by atoms with van der Waals surface area (Å²) in [6.07, 6.45) is 2.96. The quantitative estimate of drug-likeness (QED) is 0.463. The molecule has 0 aliphatic carbocycles. The zero-order chi connectivity index (χ0) is 22.6. The van der Waals surface area contributed by atoms with E-state index in [1.54, 1.807) is 13.3 Å². The highest BCUT2D eigenvalue weighted by Crippen LogP contribution is 2.27. The van der Waals surface area contributed by atoms with Crippen LogP contribution in [0.4, 0.5) is 5.82 Å². The molecule has 9 nitrogen and oxygen atoms in total. The van der Waals surface area contributed by atoms with E-state index in [9.17, 15) is 4.79 Å². The molecule has 1 saturated heterocycles. The summed E-state index contributed by atoms with van der Waals surface area (Å²) in [6.45, 7) is 2.74. The molecule has 33 heavy (non-hydrogen) atoms. The summed E-state index contributed by atoms with van der Waals surface area (Å²) in [5, 5.41) is 15.3. The standard InChI is InChI=1S/C24H26N6O3/c1-32-23(18-5-3-2-4-6-18)24(31)26-22-9-12-25-30(22)19-10-13-29(14-11-19)16-17-7-8-20-21(15-17)28-33-27-20/h2-9,12,15,19,23H,10-11,13-14,16H2,1H3,(H,26,31)/t23-/m0/s1. The van der Waals surface area contributed by atoms with Crippen molar-refractivity contribution in [1.82, 2.24) is 25.0 Å². The summed E-state index contributed by atoms with van der Waals surface area (Å²) < 4.78 is 12.2. The van der Waals surface area contributed by atoms with Crippen LogP contribution in [0.5, 0.6) is 0 Å². The highest BCUT2D eigenvalue weighted by atomic mass is 16.6. The molecule has 1 aliphatic heterocycles. The predicted octanol–water partition coefficient (Wildman–Crippen LogP) is 3.58. The molecule has 0 bridgehead atoms. The number of ether oxygens (including phenoxy) is 1. The molecule has 1 fully saturated rings. The monoisotopic (exact) mass is 446 g/mol. The Labute approximate surface area is 191 Å². The molecular weight excluding hydrogens is 420 g/mol. The number of fused-ring (bicyclic) bond motifs is 1. The van der Waals surface area contributed by atoms with Gasteiger partial charge in [0.05, 0.1) is 12.2 Å². The van der Waals surface area contributed by atoms with Gasteiger partial charge in [-0.05, 0) is 46.4 Å². The number of hydrogen-bond acceptors (Lipinski definition) is 7. The largest absolute Gasteiger partial charge is 0.367 e. The summed E-state index contributed by atoms with van der Waals surface area (Å²) in [7, 11) is 1.54. The number of methoxy groups -OCH3 is 1. The predicted molar refractivity (Wildman–Crippen MR) is 122 cm³/mol. The maximum absolute atomic E-state index is 12.9. The normalized spacial score (nSPS) is 16.2. The summed E-state index contributed by atoms with van der Waals surface area (Å²) in [5.74, 6) is 0.487. The van der Waals surface area contributed by atoms with E-state index in [2.05, 4.69) is 31.7 Å². The Morgan fingerprint density at radius 3 is 2.70 bits per heavy atom. The van der Waals surface area contributed by atoms with E-state index in [0.717, 1.165) is 49.1 Å². The Balaban J connectivity index is 1.20. The second-order valence-corrected chi connectivity index (χ2v) is 8.27. The van der Waals surface area contributed by atoms with Gasteiger partial charge in [0.25, 0.3) is 5.91 Å². The van der Waals surface area contributed by atoms with E-state index >= 15 is 0 Å². The molecule has 1 atom stereocenters. The average Bonchev–Trinajstić information content (AvgIpc) is 3.50. The number of aromatic nitrogens is 4. The molecule has 3 heterocycles. The van der Waals surface area contributed by atoms with Gasteiger partial charge >= 0.3 is 0 Å². The number of piperidine rings is 1. The molecule has 1 N–H and O–H groups in total. The molecule has 9 heteroatoms. The van der Waals surface area contributed by atoms with Crippen LogP contribution in [0.2, 0.25) is 0 Å². The number of hydrogen-bond donors (Lipinski definition) is 1. The highest BCUT2D eigenvalue weighted by molar-refractivity contribution is 5.94. The molecule has 0 radical (unpaired) electrons. The lowest BCUT2D eigenvalue weighted by Crippen LogP contribution is -2.35. The lowest BCUT2D eigenvalue weighted by atomic mass is 10.0. The van der Waals surface area contributed by atoms with Gasteiger partial charge in [-0.1, -0.05) is 36.4 Å². The third-order valence-electron chi connectivity index (χ3n) is 6.13. The smallest absolute Gasteiger partial charge is 0.259 e. The van der Waals surface area contributed by atoms with Crippen molar-refractivity contribution < 1.29 is 14.2 Å². The number of rotatable bonds is 7. The summed E-state index contributed by atoms with van der Waals surface area (Å²) in [4.78, 5) is 15.3. The van der Waals surface area contributed by atoms with Gasteiger partial charge in [-0.2, -0.15) is 5.10 Å². The third kappa shape index (κ3) is 4.64. The fraction of sp³-hybridized carbons (Fsp3) is 0.333. The lowest BCUT2D eigenvalue weighted by Gasteiger charge is -2.32. The Hall–Kier alpha value is -3.56. The maximum Gasteiger partial charge on any atom is 0.259 e. The van der Waals surface area contributed by atoms with Gasteiger partial charge in [-0.25, -0.2) is 9.31 Å². The summed E-state index contributed by atoms with van der Waals surface area (Å²) in [5.41, 5.74) is 3.56. The van der Waals surface area contributed by atoms with Crippen molar-refractivity contribution in [2.24, 2.45) is 0 Å². The molecular formula is C24H26N6O3. The first kappa shape index (κ1) is 21.3. The third-order valence-corrected chi connectivity index (χ3v) is 6.13. The molecule has 5 rings (SSSR count). The molecule has 0 saturated carbocycles. The number of anilines is 1. The molecule has 2 aromatic carbocycles. The van der Waals surface area contributed by atoms with Crippen LogP contribution in [0.15, 0.2) is 65.4 Å². The number of nitrogens with one attached hydrogen (secondary N) is 1. The van der Waals surface area contributed by atoms with Crippen molar-refractivity contribution >= 4 is 22.8 Å². The van der Waals surface area contributed by atoms with E-state index in [0.29, 0.717) is 5.82 Å². The first-order chi connectivity index (χ1) is 16.2. The topological polar surface area (TPSA) is 98.3 Å². The van der Waals surface area contributed by atoms with Gasteiger partial charge in [-0.15, -0.1) is 0 Å². The zero-order valence-electron chi connectivity index (χ0n) is 18.4. The van der Waals surface area contributed by atoms with Crippen molar-refractivity contribution in [1.29, 1.82) is 0 Å². The van der Waals surface area contributed by atoms with Gasteiger partial charge in [-0.3, -0.25) is 9.69 Å². The van der Waals surface area contributed by atoms with Gasteiger partial charge in [0, 0.05) is 32.8 Å². The van der Waals surface area contributed by atoms with Crippen molar-refractivity contribution in [3.05, 3.63) is 71.9 Å². The van der Waals surface area contributed by atoms with E-state index in [1.165, 1.54) is 5.56 Å².